The minimum absolute atomic E-state index is 0.137. The number of hydrogen-bond acceptors (Lipinski definition) is 6. The van der Waals surface area contributed by atoms with Crippen LogP contribution < -0.4 is 10.6 Å². The summed E-state index contributed by atoms with van der Waals surface area (Å²) in [6.45, 7) is 4.39. The van der Waals surface area contributed by atoms with E-state index in [1.54, 1.807) is 12.1 Å². The largest absolute Gasteiger partial charge is 0.378 e. The standard InChI is InChI=1S/C30H34FIN4O3/c31-26-11-19(2-1-18(26)9-23(14-33)35-29(37)28-20-3-4-22(10-20)34-28)27-12-25-21(13-32-27)15-39-30(25)5-7-36(8-6-30)24-16-38-17-24/h1-2,11-13,20,22-24,28,34H,3-10,15-17H2,(H,35,37)/t20-,22+,23-,28-/m0/s1. The highest BCUT2D eigenvalue weighted by molar-refractivity contribution is 14.2. The molecule has 2 bridgehead atoms. The Hall–Kier alpha value is -1.97. The number of benzene rings is 1. The van der Waals surface area contributed by atoms with Crippen LogP contribution in [0.1, 0.15) is 43.2 Å². The first-order chi connectivity index (χ1) is 19.0. The topological polar surface area (TPSA) is 86.6 Å². The number of fused-ring (bicyclic) bond motifs is 4. The Bertz CT molecular complexity index is 1310. The second-order valence-electron chi connectivity index (χ2n) is 11.8. The summed E-state index contributed by atoms with van der Waals surface area (Å²) >= 11 is -0.392. The van der Waals surface area contributed by atoms with Crippen LogP contribution in [-0.4, -0.2) is 77.0 Å². The van der Waals surface area contributed by atoms with Crippen molar-refractivity contribution < 1.29 is 18.7 Å². The Kier molecular flexibility index (Phi) is 6.96. The highest BCUT2D eigenvalue weighted by atomic mass is 127. The number of likely N-dealkylation sites (tertiary alicyclic amines) is 1. The van der Waals surface area contributed by atoms with Gasteiger partial charge in [-0.1, -0.05) is 32.9 Å². The van der Waals surface area contributed by atoms with Gasteiger partial charge in [-0.25, -0.2) is 4.39 Å². The number of nitrogens with one attached hydrogen (secondary N) is 2. The minimum atomic E-state index is -0.756. The molecule has 1 spiro atoms. The molecular weight excluding hydrogens is 610 g/mol. The van der Waals surface area contributed by atoms with Crippen LogP contribution in [0.5, 0.6) is 0 Å². The summed E-state index contributed by atoms with van der Waals surface area (Å²) < 4.78 is 30.7. The summed E-state index contributed by atoms with van der Waals surface area (Å²) in [7, 11) is 0. The van der Waals surface area contributed by atoms with Crippen LogP contribution in [-0.2, 0) is 20.7 Å². The van der Waals surface area contributed by atoms with Gasteiger partial charge in [0, 0.05) is 29.1 Å². The fourth-order valence-corrected chi connectivity index (χ4v) is 9.54. The number of hydrogen-bond donors (Lipinski definition) is 2. The van der Waals surface area contributed by atoms with Gasteiger partial charge >= 0.3 is 0 Å². The maximum Gasteiger partial charge on any atom is 0.238 e. The van der Waals surface area contributed by atoms with Crippen molar-refractivity contribution in [3.8, 4) is 6.07 Å². The van der Waals surface area contributed by atoms with Crippen LogP contribution in [0, 0.1) is 23.1 Å². The van der Waals surface area contributed by atoms with E-state index in [0.29, 0.717) is 30.2 Å². The number of allylic oxidation sites excluding steroid dienone is 1. The molecule has 4 saturated heterocycles. The molecule has 6 aliphatic rings. The Morgan fingerprint density at radius 3 is 2.82 bits per heavy atom. The molecule has 7 rings (SSSR count). The lowest BCUT2D eigenvalue weighted by atomic mass is 9.81. The molecule has 1 aliphatic carbocycles. The van der Waals surface area contributed by atoms with E-state index in [0.717, 1.165) is 64.0 Å². The van der Waals surface area contributed by atoms with Crippen LogP contribution in [0.4, 0.5) is 4.39 Å². The fraction of sp³-hybridized carbons (Fsp3) is 0.567. The van der Waals surface area contributed by atoms with Gasteiger partial charge in [0.2, 0.25) is 5.91 Å². The van der Waals surface area contributed by atoms with E-state index in [4.69, 9.17) is 9.47 Å². The van der Waals surface area contributed by atoms with Gasteiger partial charge in [-0.2, -0.15) is 5.26 Å². The first kappa shape index (κ1) is 26.0. The molecule has 1 aromatic carbocycles. The maximum atomic E-state index is 15.3. The second-order valence-corrected chi connectivity index (χ2v) is 14.2. The van der Waals surface area contributed by atoms with Gasteiger partial charge in [0.25, 0.3) is 0 Å². The van der Waals surface area contributed by atoms with Crippen LogP contribution in [0.25, 0.3) is 0 Å². The van der Waals surface area contributed by atoms with Crippen molar-refractivity contribution in [2.75, 3.05) is 32.9 Å². The lowest BCUT2D eigenvalue weighted by molar-refractivity contribution is -0.124. The van der Waals surface area contributed by atoms with Crippen molar-refractivity contribution in [2.24, 2.45) is 5.92 Å². The van der Waals surface area contributed by atoms with E-state index >= 15 is 4.39 Å². The van der Waals surface area contributed by atoms with Crippen molar-refractivity contribution in [2.45, 2.75) is 68.3 Å². The molecule has 0 aromatic heterocycles. The predicted molar refractivity (Wildman–Crippen MR) is 154 cm³/mol. The molecule has 0 unspecified atom stereocenters. The molecule has 0 radical (unpaired) electrons. The van der Waals surface area contributed by atoms with Crippen molar-refractivity contribution >= 4 is 30.1 Å². The van der Waals surface area contributed by atoms with E-state index in [2.05, 4.69) is 31.8 Å². The summed E-state index contributed by atoms with van der Waals surface area (Å²) in [5, 5.41) is 15.9. The molecule has 39 heavy (non-hydrogen) atoms. The quantitative estimate of drug-likeness (QED) is 0.464. The summed E-state index contributed by atoms with van der Waals surface area (Å²) in [6, 6.07) is 7.51. The number of amides is 1. The molecule has 1 aromatic rings. The van der Waals surface area contributed by atoms with Gasteiger partial charge in [0.05, 0.1) is 43.6 Å². The summed E-state index contributed by atoms with van der Waals surface area (Å²) in [5.74, 6) is -0.112. The van der Waals surface area contributed by atoms with Crippen molar-refractivity contribution in [3.63, 3.8) is 0 Å². The smallest absolute Gasteiger partial charge is 0.238 e. The first-order valence-corrected chi connectivity index (χ1v) is 16.5. The predicted octanol–water partition coefficient (Wildman–Crippen LogP) is 3.10. The number of rotatable bonds is 6. The molecule has 4 atom stereocenters. The van der Waals surface area contributed by atoms with E-state index in [1.807, 2.05) is 6.07 Å². The van der Waals surface area contributed by atoms with Crippen LogP contribution in [0.15, 0.2) is 39.5 Å². The molecule has 206 valence electrons. The van der Waals surface area contributed by atoms with Gasteiger partial charge in [-0.15, -0.1) is 0 Å². The van der Waals surface area contributed by atoms with Crippen LogP contribution >= 0.6 is 20.7 Å². The van der Waals surface area contributed by atoms with Crippen LogP contribution in [0.2, 0.25) is 0 Å². The number of halogens is 2. The fourth-order valence-electron chi connectivity index (χ4n) is 7.13. The van der Waals surface area contributed by atoms with E-state index in [1.165, 1.54) is 14.7 Å². The normalized spacial score (nSPS) is 30.4. The number of nitrogens with zero attached hydrogens (tertiary/aromatic N) is 2. The monoisotopic (exact) mass is 644 g/mol. The third kappa shape index (κ3) is 4.82. The molecule has 5 aliphatic heterocycles. The minimum Gasteiger partial charge on any atom is -0.378 e. The zero-order valence-corrected chi connectivity index (χ0v) is 24.1. The van der Waals surface area contributed by atoms with Gasteiger partial charge in [-0.3, -0.25) is 9.69 Å². The number of piperidine rings is 2. The average molecular weight is 645 g/mol. The molecular formula is C30H34FIN4O3. The molecule has 2 N–H and O–H groups in total. The molecule has 1 saturated carbocycles. The van der Waals surface area contributed by atoms with E-state index < -0.39 is 26.8 Å². The SMILES string of the molecule is N#C[C@H](Cc1ccc(C2=IC=C3COC4(CCN(C5COC5)CC4)C3=C2)cc1F)NC(=O)[C@H]1N[C@@H]2CC[C@H]1C2. The Morgan fingerprint density at radius 1 is 1.31 bits per heavy atom. The molecule has 7 nitrogen and oxygen atoms in total. The third-order valence-electron chi connectivity index (χ3n) is 9.53. The zero-order chi connectivity index (χ0) is 26.6. The highest BCUT2D eigenvalue weighted by Crippen LogP contribution is 2.46. The van der Waals surface area contributed by atoms with Gasteiger partial charge in [0.15, 0.2) is 0 Å². The molecule has 9 heteroatoms. The Morgan fingerprint density at radius 2 is 2.15 bits per heavy atom. The van der Waals surface area contributed by atoms with Gasteiger partial charge in [0.1, 0.15) is 11.9 Å². The number of nitriles is 1. The first-order valence-electron chi connectivity index (χ1n) is 14.1. The summed E-state index contributed by atoms with van der Waals surface area (Å²) in [4.78, 5) is 15.3. The summed E-state index contributed by atoms with van der Waals surface area (Å²) in [6.07, 6.45) is 7.60. The lowest BCUT2D eigenvalue weighted by Gasteiger charge is -2.45. The number of carbonyl (C=O) groups is 1. The van der Waals surface area contributed by atoms with Gasteiger partial charge in [-0.05, 0) is 76.5 Å². The van der Waals surface area contributed by atoms with E-state index in [9.17, 15) is 10.1 Å². The maximum absolute atomic E-state index is 15.3. The van der Waals surface area contributed by atoms with Crippen LogP contribution in [0.3, 0.4) is 0 Å². The number of carbonyl (C=O) groups excluding carboxylic acids is 1. The van der Waals surface area contributed by atoms with Crippen molar-refractivity contribution in [1.29, 1.82) is 5.26 Å². The Labute approximate surface area is 238 Å². The molecule has 1 amide bonds. The number of ether oxygens (including phenoxy) is 2. The van der Waals surface area contributed by atoms with Gasteiger partial charge < -0.3 is 20.1 Å². The zero-order valence-electron chi connectivity index (χ0n) is 21.9. The summed E-state index contributed by atoms with van der Waals surface area (Å²) in [5.41, 5.74) is 3.74. The lowest BCUT2D eigenvalue weighted by Crippen LogP contribution is -2.55. The van der Waals surface area contributed by atoms with E-state index in [-0.39, 0.29) is 29.8 Å². The highest BCUT2D eigenvalue weighted by Gasteiger charge is 2.47. The molecule has 5 heterocycles. The second kappa shape index (κ2) is 10.5. The molecule has 5 fully saturated rings. The van der Waals surface area contributed by atoms with Crippen molar-refractivity contribution in [1.82, 2.24) is 15.5 Å². The van der Waals surface area contributed by atoms with Crippen molar-refractivity contribution in [3.05, 3.63) is 56.4 Å². The average Bonchev–Trinajstić information content (AvgIpc) is 3.65. The Balaban J connectivity index is 1.03. The third-order valence-corrected chi connectivity index (χ3v) is 12.2.